The number of nitro groups is 3. The minimum atomic E-state index is -2.52. The molecular formula is C18H12AsN3O6. The van der Waals surface area contributed by atoms with E-state index in [2.05, 4.69) is 0 Å². The molecule has 0 aromatic heterocycles. The van der Waals surface area contributed by atoms with Crippen LogP contribution in [-0.2, 0) is 0 Å². The Morgan fingerprint density at radius 2 is 0.821 bits per heavy atom. The van der Waals surface area contributed by atoms with E-state index < -0.39 is 29.4 Å². The van der Waals surface area contributed by atoms with Crippen molar-refractivity contribution in [3.8, 4) is 0 Å². The zero-order valence-corrected chi connectivity index (χ0v) is 16.0. The summed E-state index contributed by atoms with van der Waals surface area (Å²) in [6.45, 7) is 0. The molecule has 0 saturated heterocycles. The van der Waals surface area contributed by atoms with Crippen molar-refractivity contribution < 1.29 is 14.8 Å². The third-order valence-electron chi connectivity index (χ3n) is 3.90. The van der Waals surface area contributed by atoms with Crippen LogP contribution in [0.4, 0.5) is 17.1 Å². The summed E-state index contributed by atoms with van der Waals surface area (Å²) in [7, 11) is 0. The van der Waals surface area contributed by atoms with Crippen LogP contribution in [0.3, 0.4) is 0 Å². The van der Waals surface area contributed by atoms with Crippen LogP contribution in [-0.4, -0.2) is 29.4 Å². The Morgan fingerprint density at radius 3 is 1.07 bits per heavy atom. The van der Waals surface area contributed by atoms with E-state index in [0.29, 0.717) is 13.1 Å². The van der Waals surface area contributed by atoms with Gasteiger partial charge in [-0.25, -0.2) is 0 Å². The van der Waals surface area contributed by atoms with Crippen molar-refractivity contribution in [2.75, 3.05) is 0 Å². The fourth-order valence-electron chi connectivity index (χ4n) is 2.68. The summed E-state index contributed by atoms with van der Waals surface area (Å²) in [5.41, 5.74) is -0.312. The SMILES string of the molecule is O=[N+]([O-])c1cccc([As](c2cccc([N+](=O)[O-])c2)c2cccc([N+](=O)[O-])c2)c1. The van der Waals surface area contributed by atoms with Gasteiger partial charge in [0.1, 0.15) is 0 Å². The van der Waals surface area contributed by atoms with Gasteiger partial charge in [0.25, 0.3) is 0 Å². The second-order valence-electron chi connectivity index (χ2n) is 5.67. The van der Waals surface area contributed by atoms with Crippen LogP contribution in [0, 0.1) is 30.3 Å². The molecule has 9 nitrogen and oxygen atoms in total. The minimum absolute atomic E-state index is 0.104. The summed E-state index contributed by atoms with van der Waals surface area (Å²) in [4.78, 5) is 32.0. The number of non-ortho nitro benzene ring substituents is 3. The molecule has 28 heavy (non-hydrogen) atoms. The summed E-state index contributed by atoms with van der Waals surface area (Å²) in [6, 6.07) is 18.1. The van der Waals surface area contributed by atoms with E-state index in [-0.39, 0.29) is 17.1 Å². The molecule has 0 N–H and O–H groups in total. The van der Waals surface area contributed by atoms with Crippen LogP contribution < -0.4 is 13.1 Å². The molecular weight excluding hydrogens is 429 g/mol. The van der Waals surface area contributed by atoms with Gasteiger partial charge in [0.15, 0.2) is 0 Å². The molecule has 10 heteroatoms. The van der Waals surface area contributed by atoms with E-state index in [1.807, 2.05) is 0 Å². The first kappa shape index (κ1) is 19.2. The summed E-state index contributed by atoms with van der Waals surface area (Å²) in [5, 5.41) is 33.5. The Bertz CT molecular complexity index is 951. The summed E-state index contributed by atoms with van der Waals surface area (Å²) < 4.78 is 1.92. The molecule has 0 fully saturated rings. The number of benzene rings is 3. The van der Waals surface area contributed by atoms with Crippen molar-refractivity contribution >= 4 is 44.8 Å². The van der Waals surface area contributed by atoms with Gasteiger partial charge in [0.05, 0.1) is 0 Å². The van der Waals surface area contributed by atoms with Crippen molar-refractivity contribution in [1.29, 1.82) is 0 Å². The van der Waals surface area contributed by atoms with Crippen LogP contribution in [0.5, 0.6) is 0 Å². The predicted molar refractivity (Wildman–Crippen MR) is 104 cm³/mol. The number of rotatable bonds is 6. The Labute approximate surface area is 163 Å². The van der Waals surface area contributed by atoms with Crippen molar-refractivity contribution in [3.05, 3.63) is 103 Å². The topological polar surface area (TPSA) is 129 Å². The van der Waals surface area contributed by atoms with E-state index in [0.717, 1.165) is 0 Å². The number of nitro benzene ring substituents is 3. The Balaban J connectivity index is 2.22. The first-order chi connectivity index (χ1) is 13.4. The molecule has 0 aliphatic rings. The van der Waals surface area contributed by atoms with Gasteiger partial charge in [-0.3, -0.25) is 0 Å². The maximum absolute atomic E-state index is 11.2. The third-order valence-corrected chi connectivity index (χ3v) is 8.90. The van der Waals surface area contributed by atoms with Crippen LogP contribution in [0.15, 0.2) is 72.8 Å². The molecule has 0 atom stereocenters. The first-order valence-electron chi connectivity index (χ1n) is 7.90. The molecule has 140 valence electrons. The monoisotopic (exact) mass is 441 g/mol. The average molecular weight is 441 g/mol. The fourth-order valence-corrected chi connectivity index (χ4v) is 7.69. The van der Waals surface area contributed by atoms with E-state index in [4.69, 9.17) is 0 Å². The van der Waals surface area contributed by atoms with Gasteiger partial charge < -0.3 is 0 Å². The first-order valence-corrected chi connectivity index (χ1v) is 10.7. The van der Waals surface area contributed by atoms with E-state index >= 15 is 0 Å². The van der Waals surface area contributed by atoms with Gasteiger partial charge in [0, 0.05) is 0 Å². The third kappa shape index (κ3) is 4.05. The molecule has 0 aliphatic heterocycles. The fraction of sp³-hybridized carbons (Fsp3) is 0. The molecule has 3 aromatic rings. The predicted octanol–water partition coefficient (Wildman–Crippen LogP) is 1.93. The summed E-state index contributed by atoms with van der Waals surface area (Å²) in [5.74, 6) is 0. The van der Waals surface area contributed by atoms with Crippen molar-refractivity contribution in [1.82, 2.24) is 0 Å². The average Bonchev–Trinajstić information content (AvgIpc) is 2.69. The number of nitrogens with zero attached hydrogens (tertiary/aromatic N) is 3. The van der Waals surface area contributed by atoms with E-state index in [1.54, 1.807) is 36.4 Å². The van der Waals surface area contributed by atoms with Gasteiger partial charge in [-0.15, -0.1) is 0 Å². The standard InChI is InChI=1S/C18H12AsN3O6/c23-20(24)16-7-1-4-13(10-16)19(14-5-2-8-17(11-14)21(25)26)15-6-3-9-18(12-15)22(27)28/h1-12H. The van der Waals surface area contributed by atoms with Gasteiger partial charge in [-0.05, 0) is 0 Å². The van der Waals surface area contributed by atoms with Crippen LogP contribution >= 0.6 is 0 Å². The van der Waals surface area contributed by atoms with Crippen LogP contribution in [0.1, 0.15) is 0 Å². The van der Waals surface area contributed by atoms with E-state index in [1.165, 1.54) is 36.4 Å². The van der Waals surface area contributed by atoms with Crippen LogP contribution in [0.25, 0.3) is 0 Å². The quantitative estimate of drug-likeness (QED) is 0.327. The van der Waals surface area contributed by atoms with Gasteiger partial charge in [0.2, 0.25) is 0 Å². The summed E-state index contributed by atoms with van der Waals surface area (Å²) >= 11 is -2.52. The number of hydrogen-bond donors (Lipinski definition) is 0. The molecule has 0 radical (unpaired) electrons. The molecule has 0 spiro atoms. The van der Waals surface area contributed by atoms with Gasteiger partial charge in [-0.1, -0.05) is 0 Å². The van der Waals surface area contributed by atoms with Crippen LogP contribution in [0.2, 0.25) is 0 Å². The van der Waals surface area contributed by atoms with Crippen molar-refractivity contribution in [2.45, 2.75) is 0 Å². The Kier molecular flexibility index (Phi) is 5.46. The molecule has 3 aromatic carbocycles. The molecule has 0 bridgehead atoms. The zero-order valence-electron chi connectivity index (χ0n) is 14.2. The van der Waals surface area contributed by atoms with Gasteiger partial charge >= 0.3 is 163 Å². The Morgan fingerprint density at radius 1 is 0.536 bits per heavy atom. The van der Waals surface area contributed by atoms with Crippen molar-refractivity contribution in [2.24, 2.45) is 0 Å². The second-order valence-corrected chi connectivity index (χ2v) is 10.3. The zero-order chi connectivity index (χ0) is 20.3. The molecule has 0 heterocycles. The molecule has 0 aliphatic carbocycles. The van der Waals surface area contributed by atoms with Gasteiger partial charge in [-0.2, -0.15) is 0 Å². The number of hydrogen-bond acceptors (Lipinski definition) is 6. The summed E-state index contributed by atoms with van der Waals surface area (Å²) in [6.07, 6.45) is 0. The molecule has 0 saturated carbocycles. The maximum atomic E-state index is 11.2. The molecule has 0 unspecified atom stereocenters. The van der Waals surface area contributed by atoms with Crippen molar-refractivity contribution in [3.63, 3.8) is 0 Å². The Hall–Kier alpha value is -3.58. The molecule has 0 amide bonds. The second kappa shape index (κ2) is 7.97. The molecule has 3 rings (SSSR count). The normalized spacial score (nSPS) is 10.6. The van der Waals surface area contributed by atoms with E-state index in [9.17, 15) is 30.3 Å².